The minimum Gasteiger partial charge on any atom is -0.325 e. The van der Waals surface area contributed by atoms with Gasteiger partial charge in [0.2, 0.25) is 15.9 Å². The number of hydrogen-bond acceptors (Lipinski definition) is 5. The van der Waals surface area contributed by atoms with Crippen molar-refractivity contribution in [3.63, 3.8) is 0 Å². The largest absolute Gasteiger partial charge is 0.325 e. The van der Waals surface area contributed by atoms with Crippen molar-refractivity contribution >= 4 is 53.3 Å². The van der Waals surface area contributed by atoms with E-state index in [2.05, 4.69) is 21.2 Å². The van der Waals surface area contributed by atoms with Gasteiger partial charge in [-0.1, -0.05) is 46.1 Å². The van der Waals surface area contributed by atoms with Crippen LogP contribution >= 0.6 is 15.9 Å². The number of sulfonamides is 2. The first-order valence-corrected chi connectivity index (χ1v) is 15.5. The van der Waals surface area contributed by atoms with Gasteiger partial charge in [-0.05, 0) is 74.4 Å². The molecule has 4 rings (SSSR count). The molecule has 1 fully saturated rings. The van der Waals surface area contributed by atoms with Crippen molar-refractivity contribution in [2.75, 3.05) is 29.3 Å². The molecule has 1 amide bonds. The molecule has 1 heterocycles. The molecule has 37 heavy (non-hydrogen) atoms. The van der Waals surface area contributed by atoms with Crippen LogP contribution in [0.25, 0.3) is 0 Å². The monoisotopic (exact) mass is 605 g/mol. The molecule has 0 atom stereocenters. The van der Waals surface area contributed by atoms with Crippen LogP contribution in [0, 0.1) is 6.92 Å². The highest BCUT2D eigenvalue weighted by molar-refractivity contribution is 9.10. The summed E-state index contributed by atoms with van der Waals surface area (Å²) in [4.78, 5) is 13.2. The number of halogens is 1. The Hall–Kier alpha value is -2.73. The van der Waals surface area contributed by atoms with Gasteiger partial charge in [-0.15, -0.1) is 0 Å². The second kappa shape index (κ2) is 11.3. The van der Waals surface area contributed by atoms with Crippen LogP contribution in [-0.2, 0) is 24.8 Å². The fraction of sp³-hybridized carbons (Fsp3) is 0.269. The maximum absolute atomic E-state index is 13.5. The summed E-state index contributed by atoms with van der Waals surface area (Å²) in [7, 11) is -7.64. The Morgan fingerprint density at radius 2 is 1.51 bits per heavy atom. The number of hydrogen-bond donors (Lipinski definition) is 1. The standard InChI is InChI=1S/C26H28BrN3O5S2/c1-20-8-12-25(13-9-20)37(34,35)30(23-7-5-6-21(27)18-23)19-26(31)28-22-10-14-24(15-11-22)36(32,33)29-16-3-2-4-17-29/h5-15,18H,2-4,16-17,19H2,1H3,(H,28,31). The van der Waals surface area contributed by atoms with Crippen molar-refractivity contribution in [1.82, 2.24) is 4.31 Å². The van der Waals surface area contributed by atoms with E-state index < -0.39 is 32.5 Å². The predicted molar refractivity (Wildman–Crippen MR) is 148 cm³/mol. The van der Waals surface area contributed by atoms with E-state index in [0.717, 1.165) is 29.1 Å². The lowest BCUT2D eigenvalue weighted by Crippen LogP contribution is -2.38. The van der Waals surface area contributed by atoms with Crippen molar-refractivity contribution in [3.05, 3.63) is 82.8 Å². The van der Waals surface area contributed by atoms with Crippen molar-refractivity contribution in [1.29, 1.82) is 0 Å². The molecule has 0 radical (unpaired) electrons. The molecule has 11 heteroatoms. The average molecular weight is 607 g/mol. The van der Waals surface area contributed by atoms with Gasteiger partial charge in [0.1, 0.15) is 6.54 Å². The maximum Gasteiger partial charge on any atom is 0.264 e. The van der Waals surface area contributed by atoms with Crippen LogP contribution in [0.15, 0.2) is 87.1 Å². The normalized spacial score (nSPS) is 14.8. The van der Waals surface area contributed by atoms with Crippen LogP contribution in [-0.4, -0.2) is 46.7 Å². The van der Waals surface area contributed by atoms with E-state index in [0.29, 0.717) is 28.9 Å². The van der Waals surface area contributed by atoms with Gasteiger partial charge >= 0.3 is 0 Å². The van der Waals surface area contributed by atoms with Crippen molar-refractivity contribution in [2.24, 2.45) is 0 Å². The number of rotatable bonds is 8. The van der Waals surface area contributed by atoms with Crippen LogP contribution in [0.2, 0.25) is 0 Å². The Morgan fingerprint density at radius 1 is 0.892 bits per heavy atom. The van der Waals surface area contributed by atoms with Crippen molar-refractivity contribution in [3.8, 4) is 0 Å². The fourth-order valence-corrected chi connectivity index (χ4v) is 7.40. The average Bonchev–Trinajstić information content (AvgIpc) is 2.88. The number of aryl methyl sites for hydroxylation is 1. The Bertz CT molecular complexity index is 1470. The zero-order valence-electron chi connectivity index (χ0n) is 20.3. The lowest BCUT2D eigenvalue weighted by atomic mass is 10.2. The van der Waals surface area contributed by atoms with Crippen molar-refractivity contribution < 1.29 is 21.6 Å². The first kappa shape index (κ1) is 27.3. The van der Waals surface area contributed by atoms with Crippen LogP contribution < -0.4 is 9.62 Å². The van der Waals surface area contributed by atoms with E-state index in [-0.39, 0.29) is 9.79 Å². The Kier molecular flexibility index (Phi) is 8.37. The van der Waals surface area contributed by atoms with Crippen LogP contribution in [0.5, 0.6) is 0 Å². The highest BCUT2D eigenvalue weighted by Crippen LogP contribution is 2.27. The van der Waals surface area contributed by atoms with Gasteiger partial charge in [-0.2, -0.15) is 4.31 Å². The van der Waals surface area contributed by atoms with Gasteiger partial charge < -0.3 is 5.32 Å². The first-order valence-electron chi connectivity index (χ1n) is 11.8. The summed E-state index contributed by atoms with van der Waals surface area (Å²) in [5.41, 5.74) is 1.61. The second-order valence-electron chi connectivity index (χ2n) is 8.84. The molecule has 3 aromatic carbocycles. The summed E-state index contributed by atoms with van der Waals surface area (Å²) in [5, 5.41) is 2.68. The van der Waals surface area contributed by atoms with Gasteiger partial charge in [0, 0.05) is 23.2 Å². The summed E-state index contributed by atoms with van der Waals surface area (Å²) in [6.45, 7) is 2.39. The van der Waals surface area contributed by atoms with Crippen molar-refractivity contribution in [2.45, 2.75) is 36.0 Å². The number of nitrogens with zero attached hydrogens (tertiary/aromatic N) is 2. The molecular weight excluding hydrogens is 578 g/mol. The van der Waals surface area contributed by atoms with Gasteiger partial charge in [0.05, 0.1) is 15.5 Å². The molecule has 1 aliphatic rings. The molecule has 0 bridgehead atoms. The van der Waals surface area contributed by atoms with E-state index in [1.807, 2.05) is 6.92 Å². The summed E-state index contributed by atoms with van der Waals surface area (Å²) in [5.74, 6) is -0.567. The number of carbonyl (C=O) groups excluding carboxylic acids is 1. The molecule has 0 aliphatic carbocycles. The fourth-order valence-electron chi connectivity index (χ4n) is 4.08. The molecular formula is C26H28BrN3O5S2. The van der Waals surface area contributed by atoms with Gasteiger partial charge in [0.15, 0.2) is 0 Å². The Labute approximate surface area is 226 Å². The number of anilines is 2. The third-order valence-electron chi connectivity index (χ3n) is 6.08. The molecule has 196 valence electrons. The summed E-state index contributed by atoms with van der Waals surface area (Å²) < 4.78 is 56.0. The van der Waals surface area contributed by atoms with Gasteiger partial charge in [0.25, 0.3) is 10.0 Å². The quantitative estimate of drug-likeness (QED) is 0.398. The highest BCUT2D eigenvalue weighted by atomic mass is 79.9. The molecule has 1 N–H and O–H groups in total. The molecule has 0 spiro atoms. The van der Waals surface area contributed by atoms with E-state index in [1.165, 1.54) is 40.7 Å². The smallest absolute Gasteiger partial charge is 0.264 e. The van der Waals surface area contributed by atoms with Crippen LogP contribution in [0.4, 0.5) is 11.4 Å². The molecule has 3 aromatic rings. The number of amides is 1. The Morgan fingerprint density at radius 3 is 2.14 bits per heavy atom. The predicted octanol–water partition coefficient (Wildman–Crippen LogP) is 4.77. The lowest BCUT2D eigenvalue weighted by Gasteiger charge is -2.26. The maximum atomic E-state index is 13.5. The number of carbonyl (C=O) groups is 1. The SMILES string of the molecule is Cc1ccc(S(=O)(=O)N(CC(=O)Nc2ccc(S(=O)(=O)N3CCCCC3)cc2)c2cccc(Br)c2)cc1. The minimum absolute atomic E-state index is 0.0677. The molecule has 1 saturated heterocycles. The van der Waals surface area contributed by atoms with Gasteiger partial charge in [-0.25, -0.2) is 16.8 Å². The summed E-state index contributed by atoms with van der Waals surface area (Å²) in [6, 6.07) is 19.0. The van der Waals surface area contributed by atoms with Crippen LogP contribution in [0.1, 0.15) is 24.8 Å². The summed E-state index contributed by atoms with van der Waals surface area (Å²) >= 11 is 3.36. The topological polar surface area (TPSA) is 104 Å². The molecule has 0 unspecified atom stereocenters. The zero-order valence-corrected chi connectivity index (χ0v) is 23.5. The first-order chi connectivity index (χ1) is 17.6. The van der Waals surface area contributed by atoms with E-state index >= 15 is 0 Å². The molecule has 1 aliphatic heterocycles. The number of nitrogens with one attached hydrogen (secondary N) is 1. The third-order valence-corrected chi connectivity index (χ3v) is 10.3. The highest BCUT2D eigenvalue weighted by Gasteiger charge is 2.28. The summed E-state index contributed by atoms with van der Waals surface area (Å²) in [6.07, 6.45) is 2.70. The molecule has 0 aromatic heterocycles. The van der Waals surface area contributed by atoms with E-state index in [1.54, 1.807) is 36.4 Å². The van der Waals surface area contributed by atoms with E-state index in [4.69, 9.17) is 0 Å². The molecule has 0 saturated carbocycles. The van der Waals surface area contributed by atoms with E-state index in [9.17, 15) is 21.6 Å². The zero-order chi connectivity index (χ0) is 26.6. The molecule has 8 nitrogen and oxygen atoms in total. The minimum atomic E-state index is -4.05. The lowest BCUT2D eigenvalue weighted by molar-refractivity contribution is -0.114. The second-order valence-corrected chi connectivity index (χ2v) is 13.6. The third kappa shape index (κ3) is 6.40. The van der Waals surface area contributed by atoms with Crippen LogP contribution in [0.3, 0.4) is 0 Å². The number of benzene rings is 3. The van der Waals surface area contributed by atoms with Gasteiger partial charge in [-0.3, -0.25) is 9.10 Å². The number of piperidine rings is 1. The Balaban J connectivity index is 1.54.